The number of benzene rings is 1. The van der Waals surface area contributed by atoms with E-state index in [2.05, 4.69) is 4.90 Å². The summed E-state index contributed by atoms with van der Waals surface area (Å²) in [5.41, 5.74) is 1.53. The van der Waals surface area contributed by atoms with Gasteiger partial charge in [-0.15, -0.1) is 0 Å². The van der Waals surface area contributed by atoms with Crippen LogP contribution in [0.5, 0.6) is 0 Å². The van der Waals surface area contributed by atoms with Crippen LogP contribution < -0.4 is 0 Å². The number of para-hydroxylation sites is 1. The Labute approximate surface area is 184 Å². The number of hydrogen-bond acceptors (Lipinski definition) is 4. The molecule has 166 valence electrons. The number of carbonyl (C=O) groups is 1. The van der Waals surface area contributed by atoms with Gasteiger partial charge >= 0.3 is 0 Å². The standard InChI is InChI=1S/C25H33N3O3/c29-25(27-18-16-26(17-19-27)22-12-4-5-13-22)23(20-8-1-2-9-20)14-7-11-21-10-3-6-15-24(21)28(30)31/h3,6-7,10-11,14-15,20,22H,1-2,4-5,8-9,12-13,16-19H2. The molecule has 0 atom stereocenters. The van der Waals surface area contributed by atoms with Crippen molar-refractivity contribution in [3.63, 3.8) is 0 Å². The van der Waals surface area contributed by atoms with E-state index in [1.54, 1.807) is 24.3 Å². The molecule has 3 aliphatic rings. The van der Waals surface area contributed by atoms with Crippen LogP contribution in [0.4, 0.5) is 5.69 Å². The number of nitro groups is 1. The Bertz CT molecular complexity index is 843. The third-order valence-corrected chi connectivity index (χ3v) is 7.17. The lowest BCUT2D eigenvalue weighted by Gasteiger charge is -2.38. The van der Waals surface area contributed by atoms with Crippen LogP contribution in [0.25, 0.3) is 6.08 Å². The molecule has 0 bridgehead atoms. The van der Waals surface area contributed by atoms with E-state index in [1.165, 1.54) is 44.6 Å². The summed E-state index contributed by atoms with van der Waals surface area (Å²) >= 11 is 0. The van der Waals surface area contributed by atoms with Crippen molar-refractivity contribution in [1.82, 2.24) is 9.80 Å². The van der Waals surface area contributed by atoms with Gasteiger partial charge in [-0.1, -0.05) is 50.0 Å². The molecule has 2 aliphatic carbocycles. The Morgan fingerprint density at radius 3 is 2.29 bits per heavy atom. The summed E-state index contributed by atoms with van der Waals surface area (Å²) in [6.07, 6.45) is 15.2. The lowest BCUT2D eigenvalue weighted by molar-refractivity contribution is -0.385. The van der Waals surface area contributed by atoms with E-state index in [0.29, 0.717) is 17.5 Å². The Morgan fingerprint density at radius 2 is 1.61 bits per heavy atom. The van der Waals surface area contributed by atoms with Crippen molar-refractivity contribution in [2.45, 2.75) is 57.4 Å². The summed E-state index contributed by atoms with van der Waals surface area (Å²) in [5, 5.41) is 11.3. The van der Waals surface area contributed by atoms with E-state index in [-0.39, 0.29) is 16.5 Å². The molecule has 31 heavy (non-hydrogen) atoms. The third kappa shape index (κ3) is 5.24. The second-order valence-electron chi connectivity index (χ2n) is 9.04. The molecular weight excluding hydrogens is 390 g/mol. The fourth-order valence-corrected chi connectivity index (χ4v) is 5.41. The topological polar surface area (TPSA) is 66.7 Å². The quantitative estimate of drug-likeness (QED) is 0.285. The van der Waals surface area contributed by atoms with Gasteiger partial charge in [0.2, 0.25) is 5.91 Å². The van der Waals surface area contributed by atoms with E-state index >= 15 is 0 Å². The second-order valence-corrected chi connectivity index (χ2v) is 9.04. The lowest BCUT2D eigenvalue weighted by atomic mass is 9.95. The summed E-state index contributed by atoms with van der Waals surface area (Å²) < 4.78 is 0. The molecule has 0 aromatic heterocycles. The number of allylic oxidation sites excluding steroid dienone is 2. The Hall–Kier alpha value is -2.47. The van der Waals surface area contributed by atoms with Crippen molar-refractivity contribution in [2.75, 3.05) is 26.2 Å². The van der Waals surface area contributed by atoms with Gasteiger partial charge in [-0.3, -0.25) is 19.8 Å². The Balaban J connectivity index is 1.46. The molecule has 3 fully saturated rings. The SMILES string of the molecule is O=C(C(=CC=Cc1ccccc1[N+](=O)[O-])C1CCCC1)N1CCN(C2CCCC2)CC1. The van der Waals surface area contributed by atoms with Gasteiger partial charge in [0.1, 0.15) is 0 Å². The van der Waals surface area contributed by atoms with Gasteiger partial charge in [-0.2, -0.15) is 0 Å². The fourth-order valence-electron chi connectivity index (χ4n) is 5.41. The summed E-state index contributed by atoms with van der Waals surface area (Å²) in [6.45, 7) is 3.54. The number of nitrogens with zero attached hydrogens (tertiary/aromatic N) is 3. The lowest BCUT2D eigenvalue weighted by Crippen LogP contribution is -2.52. The van der Waals surface area contributed by atoms with E-state index in [1.807, 2.05) is 17.1 Å². The van der Waals surface area contributed by atoms with Crippen molar-refractivity contribution < 1.29 is 9.72 Å². The number of amides is 1. The molecule has 1 heterocycles. The first-order valence-corrected chi connectivity index (χ1v) is 11.8. The number of rotatable bonds is 6. The zero-order chi connectivity index (χ0) is 21.6. The van der Waals surface area contributed by atoms with Crippen LogP contribution >= 0.6 is 0 Å². The Kier molecular flexibility index (Phi) is 7.17. The van der Waals surface area contributed by atoms with Crippen LogP contribution in [0, 0.1) is 16.0 Å². The van der Waals surface area contributed by atoms with Gasteiger partial charge in [-0.05, 0) is 43.7 Å². The zero-order valence-corrected chi connectivity index (χ0v) is 18.2. The van der Waals surface area contributed by atoms with Gasteiger partial charge in [0, 0.05) is 43.9 Å². The first-order valence-electron chi connectivity index (χ1n) is 11.8. The van der Waals surface area contributed by atoms with Gasteiger partial charge in [0.25, 0.3) is 5.69 Å². The molecule has 4 rings (SSSR count). The largest absolute Gasteiger partial charge is 0.336 e. The molecule has 6 heteroatoms. The van der Waals surface area contributed by atoms with Crippen LogP contribution in [-0.4, -0.2) is 52.9 Å². The van der Waals surface area contributed by atoms with Crippen LogP contribution in [0.15, 0.2) is 42.0 Å². The van der Waals surface area contributed by atoms with Crippen LogP contribution in [0.2, 0.25) is 0 Å². The van der Waals surface area contributed by atoms with Crippen molar-refractivity contribution in [1.29, 1.82) is 0 Å². The van der Waals surface area contributed by atoms with Crippen LogP contribution in [0.3, 0.4) is 0 Å². The van der Waals surface area contributed by atoms with Gasteiger partial charge < -0.3 is 4.90 Å². The van der Waals surface area contributed by atoms with Gasteiger partial charge in [-0.25, -0.2) is 0 Å². The minimum Gasteiger partial charge on any atom is -0.336 e. The predicted molar refractivity (Wildman–Crippen MR) is 123 cm³/mol. The molecular formula is C25H33N3O3. The summed E-state index contributed by atoms with van der Waals surface area (Å²) in [7, 11) is 0. The molecule has 0 N–H and O–H groups in total. The average Bonchev–Trinajstić information content (AvgIpc) is 3.51. The van der Waals surface area contributed by atoms with E-state index < -0.39 is 0 Å². The van der Waals surface area contributed by atoms with Crippen LogP contribution in [0.1, 0.15) is 56.9 Å². The summed E-state index contributed by atoms with van der Waals surface area (Å²) in [5.74, 6) is 0.459. The van der Waals surface area contributed by atoms with Crippen molar-refractivity contribution in [3.8, 4) is 0 Å². The molecule has 0 unspecified atom stereocenters. The third-order valence-electron chi connectivity index (χ3n) is 7.17. The minimum atomic E-state index is -0.365. The molecule has 1 saturated heterocycles. The summed E-state index contributed by atoms with van der Waals surface area (Å²) in [6, 6.07) is 7.43. The fraction of sp³-hybridized carbons (Fsp3) is 0.560. The monoisotopic (exact) mass is 423 g/mol. The number of hydrogen-bond donors (Lipinski definition) is 0. The average molecular weight is 424 g/mol. The Morgan fingerprint density at radius 1 is 0.968 bits per heavy atom. The highest BCUT2D eigenvalue weighted by Crippen LogP contribution is 2.33. The normalized spacial score (nSPS) is 21.9. The van der Waals surface area contributed by atoms with Crippen molar-refractivity contribution in [3.05, 3.63) is 57.7 Å². The number of nitro benzene ring substituents is 1. The predicted octanol–water partition coefficient (Wildman–Crippen LogP) is 4.81. The highest BCUT2D eigenvalue weighted by atomic mass is 16.6. The van der Waals surface area contributed by atoms with Crippen molar-refractivity contribution in [2.24, 2.45) is 5.92 Å². The molecule has 1 amide bonds. The van der Waals surface area contributed by atoms with E-state index in [9.17, 15) is 14.9 Å². The maximum atomic E-state index is 13.4. The van der Waals surface area contributed by atoms with E-state index in [4.69, 9.17) is 0 Å². The highest BCUT2D eigenvalue weighted by molar-refractivity contribution is 5.94. The first kappa shape index (κ1) is 21.8. The maximum absolute atomic E-state index is 13.4. The molecule has 6 nitrogen and oxygen atoms in total. The number of carbonyl (C=O) groups excluding carboxylic acids is 1. The molecule has 2 saturated carbocycles. The molecule has 0 radical (unpaired) electrons. The molecule has 0 spiro atoms. The highest BCUT2D eigenvalue weighted by Gasteiger charge is 2.31. The van der Waals surface area contributed by atoms with Gasteiger partial charge in [0.15, 0.2) is 0 Å². The second kappa shape index (κ2) is 10.2. The zero-order valence-electron chi connectivity index (χ0n) is 18.2. The van der Waals surface area contributed by atoms with Crippen LogP contribution in [-0.2, 0) is 4.79 Å². The molecule has 1 aromatic carbocycles. The van der Waals surface area contributed by atoms with E-state index in [0.717, 1.165) is 44.6 Å². The van der Waals surface area contributed by atoms with Gasteiger partial charge in [0.05, 0.1) is 10.5 Å². The molecule has 1 aliphatic heterocycles. The minimum absolute atomic E-state index is 0.0870. The first-order chi connectivity index (χ1) is 15.1. The number of piperazine rings is 1. The summed E-state index contributed by atoms with van der Waals surface area (Å²) in [4.78, 5) is 28.9. The smallest absolute Gasteiger partial charge is 0.276 e. The maximum Gasteiger partial charge on any atom is 0.276 e. The molecule has 1 aromatic rings. The van der Waals surface area contributed by atoms with Crippen molar-refractivity contribution >= 4 is 17.7 Å².